The highest BCUT2D eigenvalue weighted by atomic mass is 16.5. The third kappa shape index (κ3) is 2.62. The Labute approximate surface area is 109 Å². The van der Waals surface area contributed by atoms with Gasteiger partial charge in [0.25, 0.3) is 0 Å². The summed E-state index contributed by atoms with van der Waals surface area (Å²) in [6.45, 7) is 4.84. The predicted molar refractivity (Wildman–Crippen MR) is 71.8 cm³/mol. The van der Waals surface area contributed by atoms with Gasteiger partial charge in [0.05, 0.1) is 12.1 Å². The normalized spacial score (nSPS) is 25.3. The third-order valence-electron chi connectivity index (χ3n) is 3.91. The number of hydrogen-bond acceptors (Lipinski definition) is 3. The molecule has 98 valence electrons. The van der Waals surface area contributed by atoms with Gasteiger partial charge in [-0.2, -0.15) is 0 Å². The van der Waals surface area contributed by atoms with Crippen molar-refractivity contribution in [3.8, 4) is 0 Å². The minimum absolute atomic E-state index is 0.110. The van der Waals surface area contributed by atoms with Gasteiger partial charge in [0.15, 0.2) is 5.78 Å². The molecule has 1 aromatic rings. The molecule has 1 heterocycles. The van der Waals surface area contributed by atoms with Gasteiger partial charge in [0.1, 0.15) is 0 Å². The Balaban J connectivity index is 2.07. The standard InChI is InChI=1S/C15H21NO2/c1-11(15(17)13-7-5-4-6-8-13)16(3)14-9-10-18-12(14)2/h4-8,11-12,14H,9-10H2,1-3H3. The number of benzene rings is 1. The highest BCUT2D eigenvalue weighted by molar-refractivity contribution is 5.99. The first-order valence-electron chi connectivity index (χ1n) is 6.54. The molecule has 0 aliphatic carbocycles. The summed E-state index contributed by atoms with van der Waals surface area (Å²) in [5, 5.41) is 0. The van der Waals surface area contributed by atoms with Crippen LogP contribution in [-0.2, 0) is 4.74 Å². The number of likely N-dealkylation sites (N-methyl/N-ethyl adjacent to an activating group) is 1. The van der Waals surface area contributed by atoms with Crippen molar-refractivity contribution < 1.29 is 9.53 Å². The van der Waals surface area contributed by atoms with Crippen LogP contribution in [0.25, 0.3) is 0 Å². The van der Waals surface area contributed by atoms with Crippen molar-refractivity contribution in [2.75, 3.05) is 13.7 Å². The van der Waals surface area contributed by atoms with Crippen LogP contribution < -0.4 is 0 Å². The molecular formula is C15H21NO2. The van der Waals surface area contributed by atoms with Gasteiger partial charge in [-0.3, -0.25) is 9.69 Å². The van der Waals surface area contributed by atoms with E-state index >= 15 is 0 Å². The fourth-order valence-corrected chi connectivity index (χ4v) is 2.57. The van der Waals surface area contributed by atoms with Gasteiger partial charge in [-0.25, -0.2) is 0 Å². The summed E-state index contributed by atoms with van der Waals surface area (Å²) in [6, 6.07) is 9.72. The maximum absolute atomic E-state index is 12.4. The second-order valence-electron chi connectivity index (χ2n) is 5.00. The Bertz CT molecular complexity index is 404. The lowest BCUT2D eigenvalue weighted by atomic mass is 10.0. The lowest BCUT2D eigenvalue weighted by Crippen LogP contribution is -2.45. The predicted octanol–water partition coefficient (Wildman–Crippen LogP) is 2.37. The van der Waals surface area contributed by atoms with Crippen LogP contribution in [0, 0.1) is 0 Å². The van der Waals surface area contributed by atoms with Gasteiger partial charge >= 0.3 is 0 Å². The summed E-state index contributed by atoms with van der Waals surface area (Å²) in [7, 11) is 2.02. The highest BCUT2D eigenvalue weighted by Gasteiger charge is 2.32. The van der Waals surface area contributed by atoms with Crippen LogP contribution in [0.2, 0.25) is 0 Å². The molecule has 0 amide bonds. The molecule has 0 bridgehead atoms. The van der Waals surface area contributed by atoms with E-state index in [-0.39, 0.29) is 17.9 Å². The zero-order valence-electron chi connectivity index (χ0n) is 11.3. The average molecular weight is 247 g/mol. The summed E-state index contributed by atoms with van der Waals surface area (Å²) in [5.41, 5.74) is 0.781. The molecule has 1 saturated heterocycles. The molecule has 18 heavy (non-hydrogen) atoms. The van der Waals surface area contributed by atoms with Crippen molar-refractivity contribution in [1.29, 1.82) is 0 Å². The maximum Gasteiger partial charge on any atom is 0.179 e. The van der Waals surface area contributed by atoms with E-state index in [1.54, 1.807) is 0 Å². The molecule has 1 aromatic carbocycles. The summed E-state index contributed by atoms with van der Waals surface area (Å²) >= 11 is 0. The van der Waals surface area contributed by atoms with Crippen LogP contribution in [0.15, 0.2) is 30.3 Å². The summed E-state index contributed by atoms with van der Waals surface area (Å²) in [4.78, 5) is 14.5. The van der Waals surface area contributed by atoms with Crippen molar-refractivity contribution in [2.45, 2.75) is 38.5 Å². The molecule has 0 spiro atoms. The van der Waals surface area contributed by atoms with E-state index in [2.05, 4.69) is 11.8 Å². The van der Waals surface area contributed by atoms with Crippen molar-refractivity contribution in [1.82, 2.24) is 4.90 Å². The molecule has 1 aliphatic rings. The molecule has 0 N–H and O–H groups in total. The van der Waals surface area contributed by atoms with Gasteiger partial charge in [-0.15, -0.1) is 0 Å². The zero-order chi connectivity index (χ0) is 13.1. The number of rotatable bonds is 4. The van der Waals surface area contributed by atoms with Crippen molar-refractivity contribution >= 4 is 5.78 Å². The first-order valence-corrected chi connectivity index (χ1v) is 6.54. The van der Waals surface area contributed by atoms with Crippen LogP contribution in [0.3, 0.4) is 0 Å². The number of carbonyl (C=O) groups is 1. The van der Waals surface area contributed by atoms with Crippen LogP contribution >= 0.6 is 0 Å². The van der Waals surface area contributed by atoms with Crippen molar-refractivity contribution in [3.63, 3.8) is 0 Å². The number of nitrogens with zero attached hydrogens (tertiary/aromatic N) is 1. The minimum atomic E-state index is -0.110. The number of Topliss-reactive ketones (excluding diaryl/α,β-unsaturated/α-hetero) is 1. The Morgan fingerprint density at radius 2 is 2.06 bits per heavy atom. The molecule has 2 rings (SSSR count). The maximum atomic E-state index is 12.4. The Morgan fingerprint density at radius 1 is 1.39 bits per heavy atom. The second-order valence-corrected chi connectivity index (χ2v) is 5.00. The Kier molecular flexibility index (Phi) is 4.15. The highest BCUT2D eigenvalue weighted by Crippen LogP contribution is 2.21. The molecule has 1 aliphatic heterocycles. The van der Waals surface area contributed by atoms with Crippen molar-refractivity contribution in [3.05, 3.63) is 35.9 Å². The van der Waals surface area contributed by atoms with Crippen LogP contribution in [0.1, 0.15) is 30.6 Å². The van der Waals surface area contributed by atoms with E-state index < -0.39 is 0 Å². The first kappa shape index (κ1) is 13.2. The van der Waals surface area contributed by atoms with Crippen LogP contribution in [0.5, 0.6) is 0 Å². The quantitative estimate of drug-likeness (QED) is 0.765. The molecule has 1 fully saturated rings. The smallest absolute Gasteiger partial charge is 0.179 e. The van der Waals surface area contributed by atoms with E-state index in [0.29, 0.717) is 6.04 Å². The minimum Gasteiger partial charge on any atom is -0.377 e. The van der Waals surface area contributed by atoms with E-state index in [1.165, 1.54) is 0 Å². The lowest BCUT2D eigenvalue weighted by molar-refractivity contribution is 0.0605. The van der Waals surface area contributed by atoms with Gasteiger partial charge in [-0.1, -0.05) is 30.3 Å². The SMILES string of the molecule is CC1OCCC1N(C)C(C)C(=O)c1ccccc1. The molecule has 3 atom stereocenters. The lowest BCUT2D eigenvalue weighted by Gasteiger charge is -2.31. The Morgan fingerprint density at radius 3 is 2.61 bits per heavy atom. The summed E-state index contributed by atoms with van der Waals surface area (Å²) in [5.74, 6) is 0.178. The number of ether oxygens (including phenoxy) is 1. The molecule has 0 saturated carbocycles. The summed E-state index contributed by atoms with van der Waals surface area (Å²) in [6.07, 6.45) is 1.21. The van der Waals surface area contributed by atoms with Gasteiger partial charge < -0.3 is 4.74 Å². The van der Waals surface area contributed by atoms with E-state index in [4.69, 9.17) is 4.74 Å². The molecule has 3 unspecified atom stereocenters. The number of carbonyl (C=O) groups excluding carboxylic acids is 1. The fraction of sp³-hybridized carbons (Fsp3) is 0.533. The molecule has 3 heteroatoms. The number of hydrogen-bond donors (Lipinski definition) is 0. The first-order chi connectivity index (χ1) is 8.61. The molecular weight excluding hydrogens is 226 g/mol. The fourth-order valence-electron chi connectivity index (χ4n) is 2.57. The van der Waals surface area contributed by atoms with E-state index in [0.717, 1.165) is 18.6 Å². The van der Waals surface area contributed by atoms with Gasteiger partial charge in [0, 0.05) is 18.2 Å². The topological polar surface area (TPSA) is 29.5 Å². The zero-order valence-corrected chi connectivity index (χ0v) is 11.3. The average Bonchev–Trinajstić information content (AvgIpc) is 2.83. The third-order valence-corrected chi connectivity index (χ3v) is 3.91. The Hall–Kier alpha value is -1.19. The van der Waals surface area contributed by atoms with E-state index in [1.807, 2.05) is 44.3 Å². The van der Waals surface area contributed by atoms with Crippen LogP contribution in [-0.4, -0.2) is 42.5 Å². The largest absolute Gasteiger partial charge is 0.377 e. The van der Waals surface area contributed by atoms with E-state index in [9.17, 15) is 4.79 Å². The second kappa shape index (κ2) is 5.63. The molecule has 3 nitrogen and oxygen atoms in total. The van der Waals surface area contributed by atoms with Crippen molar-refractivity contribution in [2.24, 2.45) is 0 Å². The molecule has 0 aromatic heterocycles. The summed E-state index contributed by atoms with van der Waals surface area (Å²) < 4.78 is 5.57. The number of ketones is 1. The molecule has 0 radical (unpaired) electrons. The van der Waals surface area contributed by atoms with Crippen LogP contribution in [0.4, 0.5) is 0 Å². The monoisotopic (exact) mass is 247 g/mol. The van der Waals surface area contributed by atoms with Gasteiger partial charge in [-0.05, 0) is 27.3 Å². The van der Waals surface area contributed by atoms with Gasteiger partial charge in [0.2, 0.25) is 0 Å².